The first-order valence-corrected chi connectivity index (χ1v) is 6.92. The smallest absolute Gasteiger partial charge is 0.198 e. The van der Waals surface area contributed by atoms with Crippen molar-refractivity contribution in [3.63, 3.8) is 0 Å². The molecule has 2 atom stereocenters. The molecule has 2 aliphatic heterocycles. The highest BCUT2D eigenvalue weighted by Gasteiger charge is 2.58. The standard InChI is InChI=1S/C15H15FN2O2/c16-12-3-4-13-10(9-12)8-11-2-1-6-18-14(5-7-19)17-20-15(11,13)18/h3-5,7,9,11,17H,1-2,6,8H2/t11-,15+/m0/s1. The zero-order valence-corrected chi connectivity index (χ0v) is 10.9. The summed E-state index contributed by atoms with van der Waals surface area (Å²) in [6.07, 6.45) is 5.15. The second kappa shape index (κ2) is 4.06. The predicted molar refractivity (Wildman–Crippen MR) is 69.6 cm³/mol. The van der Waals surface area contributed by atoms with Crippen LogP contribution in [0.1, 0.15) is 24.0 Å². The minimum Gasteiger partial charge on any atom is -0.322 e. The highest BCUT2D eigenvalue weighted by molar-refractivity contribution is 5.66. The summed E-state index contributed by atoms with van der Waals surface area (Å²) in [4.78, 5) is 18.8. The molecule has 0 aromatic heterocycles. The maximum Gasteiger partial charge on any atom is 0.198 e. The van der Waals surface area contributed by atoms with Gasteiger partial charge in [0.05, 0.1) is 0 Å². The molecule has 104 valence electrons. The first kappa shape index (κ1) is 11.9. The number of halogens is 1. The monoisotopic (exact) mass is 274 g/mol. The van der Waals surface area contributed by atoms with Gasteiger partial charge in [0.25, 0.3) is 0 Å². The molecule has 3 aliphatic rings. The van der Waals surface area contributed by atoms with Gasteiger partial charge in [0.1, 0.15) is 17.9 Å². The van der Waals surface area contributed by atoms with Crippen molar-refractivity contribution in [1.82, 2.24) is 10.4 Å². The first-order chi connectivity index (χ1) is 9.75. The van der Waals surface area contributed by atoms with E-state index in [9.17, 15) is 9.18 Å². The number of piperidine rings is 1. The van der Waals surface area contributed by atoms with Crippen LogP contribution in [0.4, 0.5) is 4.39 Å². The highest BCUT2D eigenvalue weighted by Crippen LogP contribution is 2.54. The number of hydrogen-bond acceptors (Lipinski definition) is 4. The zero-order valence-electron chi connectivity index (χ0n) is 10.9. The third kappa shape index (κ3) is 1.36. The molecular weight excluding hydrogens is 259 g/mol. The number of benzene rings is 1. The van der Waals surface area contributed by atoms with Gasteiger partial charge in [-0.25, -0.2) is 14.7 Å². The van der Waals surface area contributed by atoms with E-state index in [1.165, 1.54) is 12.1 Å². The number of fused-ring (bicyclic) bond motifs is 1. The molecule has 0 bridgehead atoms. The summed E-state index contributed by atoms with van der Waals surface area (Å²) in [6.45, 7) is 0.833. The van der Waals surface area contributed by atoms with Crippen molar-refractivity contribution in [1.29, 1.82) is 0 Å². The minimum atomic E-state index is -0.573. The van der Waals surface area contributed by atoms with Crippen molar-refractivity contribution in [3.8, 4) is 0 Å². The molecular formula is C15H15FN2O2. The van der Waals surface area contributed by atoms with Gasteiger partial charge >= 0.3 is 0 Å². The van der Waals surface area contributed by atoms with Gasteiger partial charge in [-0.1, -0.05) is 6.07 Å². The Kier molecular flexibility index (Phi) is 2.41. The van der Waals surface area contributed by atoms with E-state index >= 15 is 0 Å². The number of rotatable bonds is 1. The van der Waals surface area contributed by atoms with Gasteiger partial charge in [0.15, 0.2) is 5.72 Å². The molecule has 0 saturated carbocycles. The fourth-order valence-corrected chi connectivity index (χ4v) is 3.90. The number of nitrogens with zero attached hydrogens (tertiary/aromatic N) is 1. The van der Waals surface area contributed by atoms with Crippen LogP contribution in [-0.4, -0.2) is 17.7 Å². The van der Waals surface area contributed by atoms with Crippen LogP contribution >= 0.6 is 0 Å². The third-order valence-corrected chi connectivity index (χ3v) is 4.64. The van der Waals surface area contributed by atoms with Gasteiger partial charge in [-0.2, -0.15) is 0 Å². The van der Waals surface area contributed by atoms with Crippen LogP contribution in [0, 0.1) is 11.7 Å². The Morgan fingerprint density at radius 1 is 1.50 bits per heavy atom. The van der Waals surface area contributed by atoms with Gasteiger partial charge in [-0.3, -0.25) is 4.79 Å². The Balaban J connectivity index is 1.87. The average Bonchev–Trinajstić information content (AvgIpc) is 2.95. The summed E-state index contributed by atoms with van der Waals surface area (Å²) in [6, 6.07) is 4.90. The fraction of sp³-hybridized carbons (Fsp3) is 0.400. The Morgan fingerprint density at radius 2 is 2.40 bits per heavy atom. The van der Waals surface area contributed by atoms with E-state index in [2.05, 4.69) is 10.4 Å². The van der Waals surface area contributed by atoms with E-state index < -0.39 is 5.72 Å². The lowest BCUT2D eigenvalue weighted by Crippen LogP contribution is -2.49. The molecule has 2 fully saturated rings. The molecule has 2 heterocycles. The van der Waals surface area contributed by atoms with E-state index in [0.717, 1.165) is 43.2 Å². The van der Waals surface area contributed by atoms with Crippen molar-refractivity contribution < 1.29 is 14.0 Å². The molecule has 4 nitrogen and oxygen atoms in total. The number of hydroxylamine groups is 1. The Bertz CT molecular complexity index is 616. The molecule has 2 saturated heterocycles. The summed E-state index contributed by atoms with van der Waals surface area (Å²) in [7, 11) is 0. The Morgan fingerprint density at radius 3 is 3.25 bits per heavy atom. The SMILES string of the molecule is O=CC=C1NO[C@@]23c4ccc(F)cc4C[C@@H]2CCCN13. The molecule has 0 amide bonds. The van der Waals surface area contributed by atoms with Gasteiger partial charge in [-0.15, -0.1) is 0 Å². The summed E-state index contributed by atoms with van der Waals surface area (Å²) in [5, 5.41) is 0. The lowest BCUT2D eigenvalue weighted by molar-refractivity contribution is -0.166. The predicted octanol–water partition coefficient (Wildman–Crippen LogP) is 1.82. The largest absolute Gasteiger partial charge is 0.322 e. The topological polar surface area (TPSA) is 41.6 Å². The first-order valence-electron chi connectivity index (χ1n) is 6.92. The van der Waals surface area contributed by atoms with Crippen LogP contribution in [0.2, 0.25) is 0 Å². The summed E-state index contributed by atoms with van der Waals surface area (Å²) < 4.78 is 13.5. The van der Waals surface area contributed by atoms with E-state index in [1.807, 2.05) is 6.07 Å². The number of nitrogens with one attached hydrogen (secondary N) is 1. The molecule has 1 aromatic carbocycles. The highest BCUT2D eigenvalue weighted by atomic mass is 19.1. The molecule has 1 aromatic rings. The second-order valence-electron chi connectivity index (χ2n) is 5.58. The van der Waals surface area contributed by atoms with Crippen molar-refractivity contribution in [3.05, 3.63) is 47.0 Å². The van der Waals surface area contributed by atoms with Crippen LogP contribution in [0.5, 0.6) is 0 Å². The maximum atomic E-state index is 13.5. The summed E-state index contributed by atoms with van der Waals surface area (Å²) in [5.74, 6) is 0.778. The van der Waals surface area contributed by atoms with E-state index in [1.54, 1.807) is 6.07 Å². The summed E-state index contributed by atoms with van der Waals surface area (Å²) in [5.41, 5.74) is 4.34. The minimum absolute atomic E-state index is 0.208. The Labute approximate surface area is 116 Å². The van der Waals surface area contributed by atoms with Crippen molar-refractivity contribution in [2.45, 2.75) is 25.0 Å². The molecule has 1 aliphatic carbocycles. The number of aldehydes is 1. The van der Waals surface area contributed by atoms with Crippen LogP contribution in [0.3, 0.4) is 0 Å². The Hall–Kier alpha value is -1.88. The van der Waals surface area contributed by atoms with Gasteiger partial charge in [0.2, 0.25) is 0 Å². The van der Waals surface area contributed by atoms with E-state index in [4.69, 9.17) is 4.84 Å². The third-order valence-electron chi connectivity index (χ3n) is 4.64. The number of allylic oxidation sites excluding steroid dienone is 1. The van der Waals surface area contributed by atoms with Gasteiger partial charge < -0.3 is 4.90 Å². The molecule has 20 heavy (non-hydrogen) atoms. The maximum absolute atomic E-state index is 13.5. The van der Waals surface area contributed by atoms with E-state index in [0.29, 0.717) is 5.82 Å². The average molecular weight is 274 g/mol. The normalized spacial score (nSPS) is 32.5. The van der Waals surface area contributed by atoms with Gasteiger partial charge in [0, 0.05) is 24.1 Å². The molecule has 1 N–H and O–H groups in total. The van der Waals surface area contributed by atoms with Crippen molar-refractivity contribution in [2.75, 3.05) is 6.54 Å². The number of hydrogen-bond donors (Lipinski definition) is 1. The van der Waals surface area contributed by atoms with Crippen LogP contribution in [0.25, 0.3) is 0 Å². The van der Waals surface area contributed by atoms with Crippen LogP contribution < -0.4 is 5.48 Å². The number of carbonyl (C=O) groups is 1. The van der Waals surface area contributed by atoms with E-state index in [-0.39, 0.29) is 11.7 Å². The quantitative estimate of drug-likeness (QED) is 0.626. The zero-order chi connectivity index (χ0) is 13.7. The second-order valence-corrected chi connectivity index (χ2v) is 5.58. The lowest BCUT2D eigenvalue weighted by atomic mass is 9.86. The molecule has 0 unspecified atom stereocenters. The van der Waals surface area contributed by atoms with Crippen LogP contribution in [-0.2, 0) is 21.8 Å². The molecule has 5 heteroatoms. The molecule has 1 spiro atoms. The summed E-state index contributed by atoms with van der Waals surface area (Å²) >= 11 is 0. The van der Waals surface area contributed by atoms with Gasteiger partial charge in [-0.05, 0) is 37.0 Å². The molecule has 4 rings (SSSR count). The molecule has 0 radical (unpaired) electrons. The van der Waals surface area contributed by atoms with Crippen LogP contribution in [0.15, 0.2) is 30.1 Å². The fourth-order valence-electron chi connectivity index (χ4n) is 3.90. The van der Waals surface area contributed by atoms with Crippen molar-refractivity contribution >= 4 is 6.29 Å². The van der Waals surface area contributed by atoms with Crippen molar-refractivity contribution in [2.24, 2.45) is 5.92 Å². The lowest BCUT2D eigenvalue weighted by Gasteiger charge is -2.42. The number of carbonyl (C=O) groups excluding carboxylic acids is 1.